The maximum atomic E-state index is 8.96. The van der Waals surface area contributed by atoms with E-state index in [2.05, 4.69) is 27.0 Å². The van der Waals surface area contributed by atoms with E-state index in [1.165, 1.54) is 5.56 Å². The summed E-state index contributed by atoms with van der Waals surface area (Å²) in [5.41, 5.74) is 1.91. The van der Waals surface area contributed by atoms with Crippen LogP contribution in [0.1, 0.15) is 24.6 Å². The fourth-order valence-electron chi connectivity index (χ4n) is 3.73. The van der Waals surface area contributed by atoms with Gasteiger partial charge in [-0.1, -0.05) is 30.3 Å². The molecule has 0 radical (unpaired) electrons. The Hall–Kier alpha value is -1.80. The molecule has 2 unspecified atom stereocenters. The van der Waals surface area contributed by atoms with E-state index >= 15 is 0 Å². The van der Waals surface area contributed by atoms with Crippen LogP contribution in [-0.2, 0) is 16.0 Å². The highest BCUT2D eigenvalue weighted by Crippen LogP contribution is 2.34. The summed E-state index contributed by atoms with van der Waals surface area (Å²) in [6, 6.07) is 12.2. The van der Waals surface area contributed by atoms with Gasteiger partial charge >= 0.3 is 0 Å². The molecule has 1 fully saturated rings. The van der Waals surface area contributed by atoms with Crippen molar-refractivity contribution in [3.05, 3.63) is 53.4 Å². The van der Waals surface area contributed by atoms with E-state index in [9.17, 15) is 0 Å². The SMILES string of the molecule is CN(Cc1ccccc1)c1nc(Cl)nc2c1ccn2C1CCC(COCP(O)O)O1. The first-order valence-electron chi connectivity index (χ1n) is 9.69. The number of nitrogens with zero attached hydrogens (tertiary/aromatic N) is 4. The largest absolute Gasteiger partial charge is 0.369 e. The molecule has 1 saturated heterocycles. The molecule has 4 rings (SSSR count). The highest BCUT2D eigenvalue weighted by Gasteiger charge is 2.28. The Labute approximate surface area is 180 Å². The smallest absolute Gasteiger partial charge is 0.226 e. The Morgan fingerprint density at radius 1 is 1.23 bits per heavy atom. The van der Waals surface area contributed by atoms with Crippen LogP contribution in [0.3, 0.4) is 0 Å². The van der Waals surface area contributed by atoms with Gasteiger partial charge in [-0.05, 0) is 36.1 Å². The second kappa shape index (κ2) is 9.56. The van der Waals surface area contributed by atoms with Crippen LogP contribution in [0.15, 0.2) is 42.6 Å². The third-order valence-corrected chi connectivity index (χ3v) is 5.64. The lowest BCUT2D eigenvalue weighted by atomic mass is 10.2. The van der Waals surface area contributed by atoms with Gasteiger partial charge in [-0.15, -0.1) is 0 Å². The van der Waals surface area contributed by atoms with Crippen molar-refractivity contribution in [1.29, 1.82) is 0 Å². The predicted octanol–water partition coefficient (Wildman–Crippen LogP) is 3.67. The molecule has 10 heteroatoms. The molecule has 1 aromatic carbocycles. The van der Waals surface area contributed by atoms with Gasteiger partial charge in [0.2, 0.25) is 5.28 Å². The number of hydrogen-bond donors (Lipinski definition) is 2. The van der Waals surface area contributed by atoms with Gasteiger partial charge in [-0.3, -0.25) is 0 Å². The summed E-state index contributed by atoms with van der Waals surface area (Å²) in [4.78, 5) is 28.9. The maximum Gasteiger partial charge on any atom is 0.226 e. The molecule has 0 amide bonds. The van der Waals surface area contributed by atoms with E-state index in [1.807, 2.05) is 42.1 Å². The van der Waals surface area contributed by atoms with Gasteiger partial charge in [0, 0.05) is 19.8 Å². The van der Waals surface area contributed by atoms with Crippen LogP contribution in [0.2, 0.25) is 5.28 Å². The number of halogens is 1. The lowest BCUT2D eigenvalue weighted by Crippen LogP contribution is -2.19. The molecule has 2 aromatic heterocycles. The van der Waals surface area contributed by atoms with Crippen LogP contribution in [0.5, 0.6) is 0 Å². The summed E-state index contributed by atoms with van der Waals surface area (Å²) >= 11 is 6.26. The van der Waals surface area contributed by atoms with Crippen molar-refractivity contribution in [2.75, 3.05) is 24.9 Å². The summed E-state index contributed by atoms with van der Waals surface area (Å²) in [6.45, 7) is 1.03. The summed E-state index contributed by atoms with van der Waals surface area (Å²) in [5.74, 6) is 0.768. The van der Waals surface area contributed by atoms with Crippen LogP contribution in [0.25, 0.3) is 11.0 Å². The fourth-order valence-corrected chi connectivity index (χ4v) is 4.16. The Kier molecular flexibility index (Phi) is 6.83. The molecule has 3 heterocycles. The predicted molar refractivity (Wildman–Crippen MR) is 116 cm³/mol. The van der Waals surface area contributed by atoms with E-state index < -0.39 is 8.38 Å². The van der Waals surface area contributed by atoms with Crippen molar-refractivity contribution >= 4 is 36.8 Å². The number of hydrogen-bond acceptors (Lipinski definition) is 7. The molecular weight excluding hydrogens is 427 g/mol. The van der Waals surface area contributed by atoms with Gasteiger partial charge in [0.1, 0.15) is 24.0 Å². The number of rotatable bonds is 8. The monoisotopic (exact) mass is 450 g/mol. The Bertz CT molecular complexity index is 988. The van der Waals surface area contributed by atoms with Crippen LogP contribution in [-0.4, -0.2) is 50.4 Å². The first-order chi connectivity index (χ1) is 14.5. The highest BCUT2D eigenvalue weighted by atomic mass is 35.5. The Morgan fingerprint density at radius 2 is 2.03 bits per heavy atom. The van der Waals surface area contributed by atoms with E-state index in [0.717, 1.165) is 29.7 Å². The van der Waals surface area contributed by atoms with Gasteiger partial charge in [0.15, 0.2) is 8.38 Å². The van der Waals surface area contributed by atoms with Crippen molar-refractivity contribution in [1.82, 2.24) is 14.5 Å². The number of anilines is 1. The molecule has 1 aliphatic rings. The molecule has 0 aliphatic carbocycles. The van der Waals surface area contributed by atoms with Gasteiger partial charge < -0.3 is 28.7 Å². The summed E-state index contributed by atoms with van der Waals surface area (Å²) in [7, 11) is -0.0580. The fraction of sp³-hybridized carbons (Fsp3) is 0.400. The van der Waals surface area contributed by atoms with Gasteiger partial charge in [-0.25, -0.2) is 0 Å². The van der Waals surface area contributed by atoms with Crippen molar-refractivity contribution in [2.24, 2.45) is 0 Å². The zero-order valence-corrected chi connectivity index (χ0v) is 18.2. The molecule has 0 bridgehead atoms. The average Bonchev–Trinajstić information content (AvgIpc) is 3.34. The molecule has 2 N–H and O–H groups in total. The topological polar surface area (TPSA) is 92.9 Å². The lowest BCUT2D eigenvalue weighted by Gasteiger charge is -2.20. The summed E-state index contributed by atoms with van der Waals surface area (Å²) < 4.78 is 13.4. The average molecular weight is 451 g/mol. The Morgan fingerprint density at radius 3 is 2.80 bits per heavy atom. The third-order valence-electron chi connectivity index (χ3n) is 5.05. The molecule has 30 heavy (non-hydrogen) atoms. The summed E-state index contributed by atoms with van der Waals surface area (Å²) in [6.07, 6.45) is 3.23. The van der Waals surface area contributed by atoms with E-state index in [0.29, 0.717) is 13.2 Å². The van der Waals surface area contributed by atoms with E-state index in [-0.39, 0.29) is 24.0 Å². The summed E-state index contributed by atoms with van der Waals surface area (Å²) in [5, 5.41) is 1.10. The minimum atomic E-state index is -2.04. The standard InChI is InChI=1S/C20H24ClN4O4P/c1-24(11-14-5-3-2-4-6-14)18-16-9-10-25(19(16)23-20(21)22-18)17-8-7-15(29-17)12-28-13-30(26)27/h2-6,9-10,15,17,26-27H,7-8,11-13H2,1H3. The zero-order chi connectivity index (χ0) is 21.1. The van der Waals surface area contributed by atoms with Gasteiger partial charge in [0.05, 0.1) is 18.1 Å². The molecule has 160 valence electrons. The van der Waals surface area contributed by atoms with E-state index in [4.69, 9.17) is 30.9 Å². The van der Waals surface area contributed by atoms with Crippen molar-refractivity contribution in [3.63, 3.8) is 0 Å². The first-order valence-corrected chi connectivity index (χ1v) is 11.5. The molecule has 0 saturated carbocycles. The minimum absolute atomic E-state index is 0.0632. The third kappa shape index (κ3) is 4.91. The van der Waals surface area contributed by atoms with Gasteiger partial charge in [0.25, 0.3) is 0 Å². The first kappa shape index (κ1) is 21.4. The number of fused-ring (bicyclic) bond motifs is 1. The van der Waals surface area contributed by atoms with Crippen molar-refractivity contribution in [2.45, 2.75) is 31.7 Å². The number of aromatic nitrogens is 3. The van der Waals surface area contributed by atoms with Crippen LogP contribution in [0, 0.1) is 0 Å². The van der Waals surface area contributed by atoms with Crippen LogP contribution >= 0.6 is 20.0 Å². The quantitative estimate of drug-likeness (QED) is 0.399. The van der Waals surface area contributed by atoms with Crippen molar-refractivity contribution in [3.8, 4) is 0 Å². The number of ether oxygens (including phenoxy) is 2. The normalized spacial score (nSPS) is 19.1. The molecule has 2 atom stereocenters. The molecule has 3 aromatic rings. The lowest BCUT2D eigenvalue weighted by molar-refractivity contribution is -0.0335. The van der Waals surface area contributed by atoms with E-state index in [1.54, 1.807) is 0 Å². The second-order valence-electron chi connectivity index (χ2n) is 7.28. The zero-order valence-electron chi connectivity index (χ0n) is 16.6. The highest BCUT2D eigenvalue weighted by molar-refractivity contribution is 7.44. The molecule has 0 spiro atoms. The minimum Gasteiger partial charge on any atom is -0.369 e. The van der Waals surface area contributed by atoms with Crippen LogP contribution < -0.4 is 4.90 Å². The number of benzene rings is 1. The van der Waals surface area contributed by atoms with Gasteiger partial charge in [-0.2, -0.15) is 9.97 Å². The second-order valence-corrected chi connectivity index (χ2v) is 8.62. The maximum absolute atomic E-state index is 8.96. The molecule has 1 aliphatic heterocycles. The molecular formula is C20H24ClN4O4P. The Balaban J connectivity index is 1.52. The molecule has 8 nitrogen and oxygen atoms in total. The van der Waals surface area contributed by atoms with Crippen molar-refractivity contribution < 1.29 is 19.3 Å². The van der Waals surface area contributed by atoms with Crippen LogP contribution in [0.4, 0.5) is 5.82 Å².